The van der Waals surface area contributed by atoms with Gasteiger partial charge in [0, 0.05) is 57.8 Å². The second-order valence-corrected chi connectivity index (χ2v) is 9.89. The van der Waals surface area contributed by atoms with Gasteiger partial charge in [-0.1, -0.05) is 6.07 Å². The van der Waals surface area contributed by atoms with Crippen LogP contribution in [0, 0.1) is 0 Å². The molecule has 1 aromatic rings. The molecule has 2 heterocycles. The van der Waals surface area contributed by atoms with E-state index >= 15 is 0 Å². The Labute approximate surface area is 173 Å². The Morgan fingerprint density at radius 1 is 1.03 bits per heavy atom. The molecule has 0 saturated carbocycles. The lowest BCUT2D eigenvalue weighted by molar-refractivity contribution is -0.129. The number of rotatable bonds is 4. The molecule has 2 saturated heterocycles. The monoisotopic (exact) mass is 422 g/mol. The van der Waals surface area contributed by atoms with E-state index in [2.05, 4.69) is 4.90 Å². The van der Waals surface area contributed by atoms with E-state index in [0.717, 1.165) is 12.8 Å². The fourth-order valence-corrected chi connectivity index (χ4v) is 5.39. The van der Waals surface area contributed by atoms with E-state index in [1.54, 1.807) is 17.0 Å². The van der Waals surface area contributed by atoms with Crippen molar-refractivity contribution in [1.29, 1.82) is 0 Å². The second-order valence-electron chi connectivity index (χ2n) is 7.95. The summed E-state index contributed by atoms with van der Waals surface area (Å²) >= 11 is 0. The summed E-state index contributed by atoms with van der Waals surface area (Å²) in [5.74, 6) is -0.179. The first-order chi connectivity index (χ1) is 13.7. The second kappa shape index (κ2) is 8.81. The van der Waals surface area contributed by atoms with Gasteiger partial charge in [0.1, 0.15) is 0 Å². The first kappa shape index (κ1) is 21.7. The fourth-order valence-electron chi connectivity index (χ4n) is 3.93. The highest BCUT2D eigenvalue weighted by Crippen LogP contribution is 2.21. The number of benzene rings is 1. The van der Waals surface area contributed by atoms with Crippen LogP contribution in [-0.4, -0.2) is 98.6 Å². The third-order valence-corrected chi connectivity index (χ3v) is 7.71. The molecule has 2 fully saturated rings. The molecule has 9 heteroatoms. The molecule has 0 bridgehead atoms. The third kappa shape index (κ3) is 4.79. The average Bonchev–Trinajstić information content (AvgIpc) is 2.73. The van der Waals surface area contributed by atoms with Gasteiger partial charge in [-0.3, -0.25) is 9.59 Å². The van der Waals surface area contributed by atoms with E-state index in [-0.39, 0.29) is 29.8 Å². The number of piperazine rings is 1. The Hall–Kier alpha value is -1.97. The molecule has 1 atom stereocenters. The lowest BCUT2D eigenvalue weighted by Gasteiger charge is -2.36. The zero-order valence-electron chi connectivity index (χ0n) is 17.4. The molecule has 8 nitrogen and oxygen atoms in total. The Kier molecular flexibility index (Phi) is 6.60. The van der Waals surface area contributed by atoms with Gasteiger partial charge in [-0.25, -0.2) is 8.42 Å². The van der Waals surface area contributed by atoms with E-state index in [0.29, 0.717) is 37.8 Å². The lowest BCUT2D eigenvalue weighted by Crippen LogP contribution is -2.50. The molecule has 0 spiro atoms. The molecule has 1 aromatic carbocycles. The van der Waals surface area contributed by atoms with E-state index in [9.17, 15) is 18.0 Å². The molecule has 2 aliphatic heterocycles. The quantitative estimate of drug-likeness (QED) is 0.714. The number of likely N-dealkylation sites (N-methyl/N-ethyl adjacent to an activating group) is 1. The van der Waals surface area contributed by atoms with Crippen molar-refractivity contribution in [2.24, 2.45) is 0 Å². The number of sulfonamides is 1. The molecule has 1 unspecified atom stereocenters. The molecule has 29 heavy (non-hydrogen) atoms. The van der Waals surface area contributed by atoms with Gasteiger partial charge in [0.25, 0.3) is 5.91 Å². The van der Waals surface area contributed by atoms with Crippen molar-refractivity contribution in [2.45, 2.75) is 30.7 Å². The van der Waals surface area contributed by atoms with Crippen molar-refractivity contribution in [1.82, 2.24) is 19.0 Å². The summed E-state index contributed by atoms with van der Waals surface area (Å²) in [6.45, 7) is 4.11. The Balaban J connectivity index is 1.75. The number of nitrogens with zero attached hydrogens (tertiary/aromatic N) is 4. The van der Waals surface area contributed by atoms with Crippen LogP contribution in [0.1, 0.15) is 30.1 Å². The van der Waals surface area contributed by atoms with Crippen LogP contribution in [-0.2, 0) is 14.8 Å². The molecule has 0 radical (unpaired) electrons. The normalized spacial score (nSPS) is 21.4. The average molecular weight is 423 g/mol. The number of hydrogen-bond acceptors (Lipinski definition) is 5. The van der Waals surface area contributed by atoms with Crippen molar-refractivity contribution in [3.63, 3.8) is 0 Å². The van der Waals surface area contributed by atoms with Crippen LogP contribution in [0.5, 0.6) is 0 Å². The Morgan fingerprint density at radius 3 is 2.34 bits per heavy atom. The van der Waals surface area contributed by atoms with Crippen molar-refractivity contribution < 1.29 is 18.0 Å². The Bertz CT molecular complexity index is 863. The van der Waals surface area contributed by atoms with Crippen LogP contribution >= 0.6 is 0 Å². The number of hydrogen-bond donors (Lipinski definition) is 0. The predicted octanol–water partition coefficient (Wildman–Crippen LogP) is 0.706. The molecule has 0 N–H and O–H groups in total. The molecular weight excluding hydrogens is 392 g/mol. The molecule has 2 aliphatic rings. The molecule has 0 aliphatic carbocycles. The minimum Gasteiger partial charge on any atom is -0.340 e. The first-order valence-electron chi connectivity index (χ1n) is 10.0. The summed E-state index contributed by atoms with van der Waals surface area (Å²) in [4.78, 5) is 30.2. The van der Waals surface area contributed by atoms with Crippen LogP contribution < -0.4 is 0 Å². The highest BCUT2D eigenvalue weighted by Gasteiger charge is 2.31. The van der Waals surface area contributed by atoms with Gasteiger partial charge in [-0.2, -0.15) is 4.31 Å². The maximum atomic E-state index is 13.0. The van der Waals surface area contributed by atoms with Crippen molar-refractivity contribution in [3.05, 3.63) is 29.8 Å². The zero-order valence-corrected chi connectivity index (χ0v) is 18.2. The molecule has 2 amide bonds. The van der Waals surface area contributed by atoms with Crippen molar-refractivity contribution >= 4 is 21.8 Å². The maximum absolute atomic E-state index is 13.0. The first-order valence-corrected chi connectivity index (χ1v) is 11.5. The SMILES string of the molecule is CC(=O)N1CCN(S(=O)(=O)c2cccc(C(=O)N3CCCC(N(C)C)C3)c2)CC1. The number of likely N-dealkylation sites (tertiary alicyclic amines) is 1. The van der Waals surface area contributed by atoms with Gasteiger partial charge in [0.15, 0.2) is 0 Å². The van der Waals surface area contributed by atoms with E-state index in [1.807, 2.05) is 19.0 Å². The zero-order chi connectivity index (χ0) is 21.2. The smallest absolute Gasteiger partial charge is 0.253 e. The number of carbonyl (C=O) groups is 2. The van der Waals surface area contributed by atoms with Crippen LogP contribution in [0.15, 0.2) is 29.2 Å². The lowest BCUT2D eigenvalue weighted by atomic mass is 10.0. The highest BCUT2D eigenvalue weighted by atomic mass is 32.2. The fraction of sp³-hybridized carbons (Fsp3) is 0.600. The Morgan fingerprint density at radius 2 is 1.72 bits per heavy atom. The summed E-state index contributed by atoms with van der Waals surface area (Å²) in [6.07, 6.45) is 1.99. The van der Waals surface area contributed by atoms with Crippen molar-refractivity contribution in [3.8, 4) is 0 Å². The maximum Gasteiger partial charge on any atom is 0.253 e. The number of carbonyl (C=O) groups excluding carboxylic acids is 2. The molecular formula is C20H30N4O4S. The number of amides is 2. The topological polar surface area (TPSA) is 81.2 Å². The van der Waals surface area contributed by atoms with Crippen LogP contribution in [0.2, 0.25) is 0 Å². The predicted molar refractivity (Wildman–Crippen MR) is 110 cm³/mol. The van der Waals surface area contributed by atoms with Gasteiger partial charge < -0.3 is 14.7 Å². The highest BCUT2D eigenvalue weighted by molar-refractivity contribution is 7.89. The minimum absolute atomic E-state index is 0.0489. The van der Waals surface area contributed by atoms with Crippen LogP contribution in [0.3, 0.4) is 0 Å². The summed E-state index contributed by atoms with van der Waals surface area (Å²) < 4.78 is 27.5. The molecule has 0 aromatic heterocycles. The molecule has 3 rings (SSSR count). The van der Waals surface area contributed by atoms with Crippen LogP contribution in [0.25, 0.3) is 0 Å². The van der Waals surface area contributed by atoms with Crippen LogP contribution in [0.4, 0.5) is 0 Å². The summed E-state index contributed by atoms with van der Waals surface area (Å²) in [6, 6.07) is 6.63. The van der Waals surface area contributed by atoms with Gasteiger partial charge in [-0.05, 0) is 45.1 Å². The summed E-state index contributed by atoms with van der Waals surface area (Å²) in [7, 11) is 0.317. The molecule has 160 valence electrons. The number of piperidine rings is 1. The van der Waals surface area contributed by atoms with E-state index in [1.165, 1.54) is 23.4 Å². The van der Waals surface area contributed by atoms with Gasteiger partial charge in [0.2, 0.25) is 15.9 Å². The standard InChI is InChI=1S/C20H30N4O4S/c1-16(25)22-10-12-24(13-11-22)29(27,28)19-8-4-6-17(14-19)20(26)23-9-5-7-18(15-23)21(2)3/h4,6,8,14,18H,5,7,9-13,15H2,1-3H3. The third-order valence-electron chi connectivity index (χ3n) is 5.82. The van der Waals surface area contributed by atoms with E-state index in [4.69, 9.17) is 0 Å². The minimum atomic E-state index is -3.71. The largest absolute Gasteiger partial charge is 0.340 e. The van der Waals surface area contributed by atoms with Crippen molar-refractivity contribution in [2.75, 3.05) is 53.4 Å². The summed E-state index contributed by atoms with van der Waals surface area (Å²) in [5, 5.41) is 0. The van der Waals surface area contributed by atoms with E-state index < -0.39 is 10.0 Å². The van der Waals surface area contributed by atoms with Gasteiger partial charge in [-0.15, -0.1) is 0 Å². The van der Waals surface area contributed by atoms with Gasteiger partial charge >= 0.3 is 0 Å². The summed E-state index contributed by atoms with van der Waals surface area (Å²) in [5.41, 5.74) is 0.396. The van der Waals surface area contributed by atoms with Gasteiger partial charge in [0.05, 0.1) is 4.90 Å².